The zero-order valence-electron chi connectivity index (χ0n) is 15.1. The molecule has 2 heterocycles. The van der Waals surface area contributed by atoms with E-state index in [9.17, 15) is 13.2 Å². The largest absolute Gasteiger partial charge is 0.492 e. The first kappa shape index (κ1) is 18.2. The third kappa shape index (κ3) is 3.93. The number of nitrogens with zero attached hydrogens (tertiary/aromatic N) is 3. The van der Waals surface area contributed by atoms with E-state index in [1.807, 2.05) is 19.3 Å². The van der Waals surface area contributed by atoms with Crippen LogP contribution in [0.3, 0.4) is 0 Å². The third-order valence-corrected chi connectivity index (χ3v) is 5.67. The number of benzene rings is 1. The van der Waals surface area contributed by atoms with Crippen molar-refractivity contribution in [2.45, 2.75) is 51.0 Å². The van der Waals surface area contributed by atoms with Crippen LogP contribution in [-0.4, -0.2) is 33.6 Å². The molecule has 0 unspecified atom stereocenters. The number of halogens is 3. The molecule has 1 aliphatic heterocycles. The van der Waals surface area contributed by atoms with Crippen LogP contribution in [-0.2, 0) is 12.7 Å². The van der Waals surface area contributed by atoms with Crippen molar-refractivity contribution in [2.24, 2.45) is 5.92 Å². The summed E-state index contributed by atoms with van der Waals surface area (Å²) in [5, 5.41) is 0. The van der Waals surface area contributed by atoms with Crippen molar-refractivity contribution in [1.29, 1.82) is 0 Å². The lowest BCUT2D eigenvalue weighted by molar-refractivity contribution is -0.137. The van der Waals surface area contributed by atoms with Crippen LogP contribution in [0.4, 0.5) is 13.2 Å². The van der Waals surface area contributed by atoms with E-state index in [0.29, 0.717) is 18.6 Å². The fraction of sp³-hybridized carbons (Fsp3) is 0.500. The molecular formula is C20H22F3N3O. The summed E-state index contributed by atoms with van der Waals surface area (Å²) in [6.07, 6.45) is 2.78. The normalized spacial score (nSPS) is 25.1. The second-order valence-electron chi connectivity index (χ2n) is 7.44. The van der Waals surface area contributed by atoms with Crippen LogP contribution >= 0.6 is 0 Å². The lowest BCUT2D eigenvalue weighted by atomic mass is 9.99. The molecular weight excluding hydrogens is 355 g/mol. The molecule has 2 bridgehead atoms. The van der Waals surface area contributed by atoms with Gasteiger partial charge in [0, 0.05) is 36.6 Å². The number of alkyl halides is 3. The molecule has 0 spiro atoms. The van der Waals surface area contributed by atoms with Crippen LogP contribution < -0.4 is 4.74 Å². The van der Waals surface area contributed by atoms with Gasteiger partial charge in [-0.25, -0.2) is 9.97 Å². The molecule has 0 amide bonds. The van der Waals surface area contributed by atoms with Gasteiger partial charge in [0.1, 0.15) is 18.2 Å². The first-order chi connectivity index (χ1) is 12.9. The molecule has 1 aromatic carbocycles. The van der Waals surface area contributed by atoms with Crippen molar-refractivity contribution in [3.8, 4) is 5.75 Å². The second-order valence-corrected chi connectivity index (χ2v) is 7.44. The fourth-order valence-corrected chi connectivity index (χ4v) is 4.32. The van der Waals surface area contributed by atoms with Gasteiger partial charge in [0.2, 0.25) is 0 Å². The van der Waals surface area contributed by atoms with Crippen molar-refractivity contribution in [2.75, 3.05) is 6.61 Å². The molecule has 1 aromatic heterocycles. The molecule has 1 aliphatic carbocycles. The maximum Gasteiger partial charge on any atom is 0.416 e. The predicted octanol–water partition coefficient (Wildman–Crippen LogP) is 4.24. The molecule has 2 aromatic rings. The minimum atomic E-state index is -4.36. The lowest BCUT2D eigenvalue weighted by Crippen LogP contribution is -2.43. The molecule has 27 heavy (non-hydrogen) atoms. The smallest absolute Gasteiger partial charge is 0.416 e. The quantitative estimate of drug-likeness (QED) is 0.781. The molecule has 0 radical (unpaired) electrons. The Bertz CT molecular complexity index is 794. The second kappa shape index (κ2) is 7.11. The van der Waals surface area contributed by atoms with Crippen molar-refractivity contribution in [3.05, 3.63) is 53.6 Å². The highest BCUT2D eigenvalue weighted by Crippen LogP contribution is 2.43. The van der Waals surface area contributed by atoms with Crippen LogP contribution in [0.2, 0.25) is 0 Å². The Morgan fingerprint density at radius 3 is 2.70 bits per heavy atom. The Kier molecular flexibility index (Phi) is 4.80. The summed E-state index contributed by atoms with van der Waals surface area (Å²) in [4.78, 5) is 10.9. The van der Waals surface area contributed by atoms with Gasteiger partial charge in [-0.2, -0.15) is 13.2 Å². The third-order valence-electron chi connectivity index (χ3n) is 5.67. The number of aromatic nitrogens is 2. The van der Waals surface area contributed by atoms with Gasteiger partial charge in [0.05, 0.1) is 5.56 Å². The van der Waals surface area contributed by atoms with E-state index >= 15 is 0 Å². The molecule has 144 valence electrons. The van der Waals surface area contributed by atoms with E-state index in [0.717, 1.165) is 49.3 Å². The topological polar surface area (TPSA) is 38.2 Å². The molecule has 7 heteroatoms. The fourth-order valence-electron chi connectivity index (χ4n) is 4.32. The van der Waals surface area contributed by atoms with Crippen molar-refractivity contribution in [3.63, 3.8) is 0 Å². The standard InChI is InChI=1S/C20H22F3N3O/c1-13-24-9-14(10-25-13)11-26-17-6-5-15(7-17)19(26)12-27-18-4-2-3-16(8-18)20(21,22)23/h2-4,8-10,15,17,19H,5-7,11-12H2,1H3/t15-,17-,19-/m1/s1. The molecule has 2 aliphatic rings. The van der Waals surface area contributed by atoms with Gasteiger partial charge in [-0.15, -0.1) is 0 Å². The highest BCUT2D eigenvalue weighted by molar-refractivity contribution is 5.30. The van der Waals surface area contributed by atoms with Crippen LogP contribution in [0.5, 0.6) is 5.75 Å². The maximum absolute atomic E-state index is 12.9. The molecule has 1 saturated carbocycles. The van der Waals surface area contributed by atoms with Crippen molar-refractivity contribution >= 4 is 0 Å². The number of fused-ring (bicyclic) bond motifs is 2. The first-order valence-electron chi connectivity index (χ1n) is 9.23. The number of hydrogen-bond donors (Lipinski definition) is 0. The summed E-state index contributed by atoms with van der Waals surface area (Å²) in [7, 11) is 0. The van der Waals surface area contributed by atoms with Gasteiger partial charge >= 0.3 is 6.18 Å². The summed E-state index contributed by atoms with van der Waals surface area (Å²) in [6.45, 7) is 3.00. The summed E-state index contributed by atoms with van der Waals surface area (Å²) in [6, 6.07) is 5.83. The average molecular weight is 377 g/mol. The van der Waals surface area contributed by atoms with Crippen molar-refractivity contribution in [1.82, 2.24) is 14.9 Å². The number of hydrogen-bond acceptors (Lipinski definition) is 4. The average Bonchev–Trinajstić information content (AvgIpc) is 3.23. The van der Waals surface area contributed by atoms with Crippen LogP contribution in [0, 0.1) is 12.8 Å². The Balaban J connectivity index is 1.45. The van der Waals surface area contributed by atoms with Crippen LogP contribution in [0.25, 0.3) is 0 Å². The maximum atomic E-state index is 12.9. The number of rotatable bonds is 5. The summed E-state index contributed by atoms with van der Waals surface area (Å²) < 4.78 is 44.5. The number of ether oxygens (including phenoxy) is 1. The van der Waals surface area contributed by atoms with Crippen molar-refractivity contribution < 1.29 is 17.9 Å². The molecule has 4 nitrogen and oxygen atoms in total. The highest BCUT2D eigenvalue weighted by Gasteiger charge is 2.46. The van der Waals surface area contributed by atoms with Crippen LogP contribution in [0.1, 0.15) is 36.2 Å². The van der Waals surface area contributed by atoms with E-state index in [2.05, 4.69) is 14.9 Å². The Morgan fingerprint density at radius 2 is 1.96 bits per heavy atom. The first-order valence-corrected chi connectivity index (χ1v) is 9.23. The molecule has 1 saturated heterocycles. The Labute approximate surface area is 156 Å². The predicted molar refractivity (Wildman–Crippen MR) is 94.2 cm³/mol. The van der Waals surface area contributed by atoms with Crippen LogP contribution in [0.15, 0.2) is 36.7 Å². The van der Waals surface area contributed by atoms with Gasteiger partial charge in [-0.3, -0.25) is 4.90 Å². The van der Waals surface area contributed by atoms with E-state index in [-0.39, 0.29) is 11.8 Å². The Morgan fingerprint density at radius 1 is 1.19 bits per heavy atom. The van der Waals surface area contributed by atoms with Gasteiger partial charge in [0.15, 0.2) is 0 Å². The van der Waals surface area contributed by atoms with E-state index in [1.165, 1.54) is 6.07 Å². The van der Waals surface area contributed by atoms with E-state index < -0.39 is 11.7 Å². The monoisotopic (exact) mass is 377 g/mol. The minimum Gasteiger partial charge on any atom is -0.492 e. The van der Waals surface area contributed by atoms with Gasteiger partial charge < -0.3 is 4.74 Å². The lowest BCUT2D eigenvalue weighted by Gasteiger charge is -2.35. The molecule has 2 fully saturated rings. The molecule has 4 rings (SSSR count). The SMILES string of the molecule is Cc1ncc(CN2[C@@H]3CC[C@H](C3)[C@H]2COc2cccc(C(F)(F)F)c2)cn1. The van der Waals surface area contributed by atoms with E-state index in [4.69, 9.17) is 4.74 Å². The minimum absolute atomic E-state index is 0.208. The summed E-state index contributed by atoms with van der Waals surface area (Å²) in [5.74, 6) is 1.55. The van der Waals surface area contributed by atoms with Gasteiger partial charge in [0.25, 0.3) is 0 Å². The van der Waals surface area contributed by atoms with Gasteiger partial charge in [-0.1, -0.05) is 6.07 Å². The summed E-state index contributed by atoms with van der Waals surface area (Å²) >= 11 is 0. The molecule has 0 N–H and O–H groups in total. The molecule has 3 atom stereocenters. The zero-order chi connectivity index (χ0) is 19.0. The highest BCUT2D eigenvalue weighted by atomic mass is 19.4. The summed E-state index contributed by atoms with van der Waals surface area (Å²) in [5.41, 5.74) is 0.374. The zero-order valence-corrected chi connectivity index (χ0v) is 15.1. The Hall–Kier alpha value is -2.15. The van der Waals surface area contributed by atoms with Gasteiger partial charge in [-0.05, 0) is 50.3 Å². The number of likely N-dealkylation sites (tertiary alicyclic amines) is 1. The van der Waals surface area contributed by atoms with E-state index in [1.54, 1.807) is 6.07 Å². The number of piperidine rings is 1. The number of aryl methyl sites for hydroxylation is 1.